The minimum atomic E-state index is 0.133. The number of fused-ring (bicyclic) bond motifs is 1. The number of nitrogens with zero attached hydrogens (tertiary/aromatic N) is 2. The van der Waals surface area contributed by atoms with Gasteiger partial charge in [-0.05, 0) is 12.1 Å². The van der Waals surface area contributed by atoms with Crippen LogP contribution in [0.4, 0.5) is 0 Å². The van der Waals surface area contributed by atoms with Gasteiger partial charge >= 0.3 is 0 Å². The first kappa shape index (κ1) is 8.30. The van der Waals surface area contributed by atoms with Gasteiger partial charge in [0.05, 0.1) is 6.20 Å². The first-order valence-corrected chi connectivity index (χ1v) is 4.57. The summed E-state index contributed by atoms with van der Waals surface area (Å²) < 4.78 is 4.39. The molecule has 0 aliphatic rings. The van der Waals surface area contributed by atoms with E-state index in [4.69, 9.17) is 0 Å². The molecule has 0 fully saturated rings. The summed E-state index contributed by atoms with van der Waals surface area (Å²) in [6.07, 6.45) is 4.20. The van der Waals surface area contributed by atoms with Crippen molar-refractivity contribution in [2.45, 2.75) is 26.3 Å². The minimum Gasteiger partial charge on any atom is -0.128 e. The van der Waals surface area contributed by atoms with E-state index >= 15 is 0 Å². The zero-order valence-corrected chi connectivity index (χ0v) is 8.36. The molecule has 2 heterocycles. The molecule has 0 atom stereocenters. The Balaban J connectivity index is 2.72. The maximum Gasteiger partial charge on any atom is 0.197 e. The summed E-state index contributed by atoms with van der Waals surface area (Å²) in [5.41, 5.74) is 1.37. The third-order valence-electron chi connectivity index (χ3n) is 2.18. The van der Waals surface area contributed by atoms with Gasteiger partial charge in [-0.2, -0.15) is 0 Å². The lowest BCUT2D eigenvalue weighted by Gasteiger charge is -2.10. The molecule has 2 rings (SSSR count). The molecule has 0 N–H and O–H groups in total. The van der Waals surface area contributed by atoms with Crippen molar-refractivity contribution in [1.29, 1.82) is 0 Å². The molecule has 0 aromatic carbocycles. The quantitative estimate of drug-likeness (QED) is 0.541. The Labute approximate surface area is 78.4 Å². The van der Waals surface area contributed by atoms with Crippen molar-refractivity contribution >= 4 is 5.52 Å². The molecule has 0 saturated heterocycles. The summed E-state index contributed by atoms with van der Waals surface area (Å²) in [4.78, 5) is 0. The number of aromatic nitrogens is 2. The van der Waals surface area contributed by atoms with Crippen LogP contribution in [-0.4, -0.2) is 4.52 Å². The molecular formula is C11H15N2+. The number of rotatable bonds is 0. The van der Waals surface area contributed by atoms with Crippen LogP contribution in [0.5, 0.6) is 0 Å². The third kappa shape index (κ3) is 1.32. The fourth-order valence-corrected chi connectivity index (χ4v) is 1.54. The van der Waals surface area contributed by atoms with Gasteiger partial charge < -0.3 is 0 Å². The van der Waals surface area contributed by atoms with Crippen LogP contribution in [0.3, 0.4) is 0 Å². The van der Waals surface area contributed by atoms with E-state index in [1.807, 2.05) is 0 Å². The van der Waals surface area contributed by atoms with Crippen LogP contribution >= 0.6 is 0 Å². The van der Waals surface area contributed by atoms with Gasteiger partial charge in [-0.1, -0.05) is 6.07 Å². The van der Waals surface area contributed by atoms with E-state index in [-0.39, 0.29) is 5.54 Å². The second-order valence-corrected chi connectivity index (χ2v) is 4.30. The summed E-state index contributed by atoms with van der Waals surface area (Å²) in [7, 11) is 0. The molecule has 2 nitrogen and oxygen atoms in total. The van der Waals surface area contributed by atoms with E-state index in [2.05, 4.69) is 66.6 Å². The fraction of sp³-hybridized carbons (Fsp3) is 0.364. The Morgan fingerprint density at radius 3 is 2.62 bits per heavy atom. The molecule has 0 aliphatic carbocycles. The summed E-state index contributed by atoms with van der Waals surface area (Å²) in [6, 6.07) is 8.35. The average Bonchev–Trinajstić information content (AvgIpc) is 2.45. The molecule has 68 valence electrons. The molecule has 0 bridgehead atoms. The van der Waals surface area contributed by atoms with Gasteiger partial charge in [0.15, 0.2) is 11.7 Å². The molecule has 0 saturated carbocycles. The highest BCUT2D eigenvalue weighted by atomic mass is 15.4. The van der Waals surface area contributed by atoms with Crippen LogP contribution in [0.25, 0.3) is 5.52 Å². The van der Waals surface area contributed by atoms with Gasteiger partial charge in [0, 0.05) is 26.8 Å². The zero-order chi connectivity index (χ0) is 9.47. The Bertz CT molecular complexity index is 421. The van der Waals surface area contributed by atoms with Gasteiger partial charge in [0.25, 0.3) is 0 Å². The van der Waals surface area contributed by atoms with Gasteiger partial charge in [0.2, 0.25) is 0 Å². The average molecular weight is 175 g/mol. The van der Waals surface area contributed by atoms with Crippen molar-refractivity contribution in [2.75, 3.05) is 0 Å². The molecule has 2 aromatic rings. The van der Waals surface area contributed by atoms with Crippen molar-refractivity contribution in [3.63, 3.8) is 0 Å². The molecule has 0 radical (unpaired) electrons. The molecular weight excluding hydrogens is 160 g/mol. The van der Waals surface area contributed by atoms with E-state index in [0.29, 0.717) is 0 Å². The Morgan fingerprint density at radius 2 is 1.92 bits per heavy atom. The second kappa shape index (κ2) is 2.59. The monoisotopic (exact) mass is 175 g/mol. The third-order valence-corrected chi connectivity index (χ3v) is 2.18. The Morgan fingerprint density at radius 1 is 1.15 bits per heavy atom. The Kier molecular flexibility index (Phi) is 1.65. The van der Waals surface area contributed by atoms with Crippen LogP contribution in [-0.2, 0) is 5.54 Å². The van der Waals surface area contributed by atoms with E-state index in [0.717, 1.165) is 0 Å². The van der Waals surface area contributed by atoms with Crippen molar-refractivity contribution < 1.29 is 4.68 Å². The van der Waals surface area contributed by atoms with Crippen LogP contribution in [0, 0.1) is 0 Å². The highest BCUT2D eigenvalue weighted by Crippen LogP contribution is 2.06. The molecule has 2 aromatic heterocycles. The molecule has 2 heteroatoms. The van der Waals surface area contributed by atoms with Crippen LogP contribution in [0.1, 0.15) is 20.8 Å². The van der Waals surface area contributed by atoms with E-state index in [9.17, 15) is 0 Å². The van der Waals surface area contributed by atoms with Gasteiger partial charge in [0.1, 0.15) is 5.52 Å². The van der Waals surface area contributed by atoms with E-state index in [1.54, 1.807) is 0 Å². The lowest BCUT2D eigenvalue weighted by Crippen LogP contribution is -2.53. The summed E-state index contributed by atoms with van der Waals surface area (Å²) in [5, 5.41) is 0. The smallest absolute Gasteiger partial charge is 0.128 e. The molecule has 0 unspecified atom stereocenters. The SMILES string of the molecule is CC(C)(C)[n+]1ccc2ccccn21. The largest absolute Gasteiger partial charge is 0.197 e. The van der Waals surface area contributed by atoms with Crippen molar-refractivity contribution in [1.82, 2.24) is 4.52 Å². The molecule has 0 spiro atoms. The predicted molar refractivity (Wildman–Crippen MR) is 52.6 cm³/mol. The minimum absolute atomic E-state index is 0.133. The standard InChI is InChI=1S/C11H15N2/c1-11(2,3)13-9-7-10-6-4-5-8-12(10)13/h4-9H,1-3H3/q+1. The fourth-order valence-electron chi connectivity index (χ4n) is 1.54. The molecule has 0 amide bonds. The molecule has 13 heavy (non-hydrogen) atoms. The Hall–Kier alpha value is -1.31. The highest BCUT2D eigenvalue weighted by molar-refractivity contribution is 5.42. The normalized spacial score (nSPS) is 12.2. The van der Waals surface area contributed by atoms with Gasteiger partial charge in [-0.25, -0.2) is 0 Å². The van der Waals surface area contributed by atoms with Crippen molar-refractivity contribution in [3.05, 3.63) is 36.7 Å². The number of hydrogen-bond donors (Lipinski definition) is 0. The topological polar surface area (TPSA) is 8.29 Å². The van der Waals surface area contributed by atoms with E-state index < -0.39 is 0 Å². The number of pyridine rings is 1. The van der Waals surface area contributed by atoms with Crippen molar-refractivity contribution in [3.8, 4) is 0 Å². The van der Waals surface area contributed by atoms with Gasteiger partial charge in [-0.3, -0.25) is 0 Å². The molecule has 0 aliphatic heterocycles. The number of hydrogen-bond acceptors (Lipinski definition) is 0. The maximum absolute atomic E-state index is 2.22. The lowest BCUT2D eigenvalue weighted by molar-refractivity contribution is -0.811. The van der Waals surface area contributed by atoms with Gasteiger partial charge in [-0.15, -0.1) is 9.20 Å². The maximum atomic E-state index is 2.22. The summed E-state index contributed by atoms with van der Waals surface area (Å²) in [5.74, 6) is 0. The van der Waals surface area contributed by atoms with E-state index in [1.165, 1.54) is 5.52 Å². The predicted octanol–water partition coefficient (Wildman–Crippen LogP) is 1.98. The van der Waals surface area contributed by atoms with Crippen LogP contribution in [0.15, 0.2) is 36.7 Å². The lowest BCUT2D eigenvalue weighted by atomic mass is 10.1. The first-order chi connectivity index (χ1) is 6.09. The second-order valence-electron chi connectivity index (χ2n) is 4.30. The van der Waals surface area contributed by atoms with Crippen molar-refractivity contribution in [2.24, 2.45) is 0 Å². The van der Waals surface area contributed by atoms with Crippen LogP contribution in [0.2, 0.25) is 0 Å². The first-order valence-electron chi connectivity index (χ1n) is 4.57. The summed E-state index contributed by atoms with van der Waals surface area (Å²) in [6.45, 7) is 6.60. The zero-order valence-electron chi connectivity index (χ0n) is 8.36. The van der Waals surface area contributed by atoms with Crippen LogP contribution < -0.4 is 4.68 Å². The highest BCUT2D eigenvalue weighted by Gasteiger charge is 2.24. The summed E-state index contributed by atoms with van der Waals surface area (Å²) >= 11 is 0.